The van der Waals surface area contributed by atoms with Crippen molar-refractivity contribution in [3.8, 4) is 0 Å². The van der Waals surface area contributed by atoms with E-state index in [0.29, 0.717) is 6.04 Å². The lowest BCUT2D eigenvalue weighted by atomic mass is 9.91. The first-order chi connectivity index (χ1) is 8.34. The fraction of sp³-hybridized carbons (Fsp3) is 0.429. The first-order valence-electron chi connectivity index (χ1n) is 6.48. The van der Waals surface area contributed by atoms with Gasteiger partial charge in [0.05, 0.1) is 0 Å². The summed E-state index contributed by atoms with van der Waals surface area (Å²) in [7, 11) is 0. The van der Waals surface area contributed by atoms with Crippen molar-refractivity contribution in [1.29, 1.82) is 0 Å². The molecule has 3 heteroatoms. The summed E-state index contributed by atoms with van der Waals surface area (Å²) in [5.41, 5.74) is 11.3. The molecule has 0 spiro atoms. The van der Waals surface area contributed by atoms with Crippen molar-refractivity contribution in [2.24, 2.45) is 0 Å². The van der Waals surface area contributed by atoms with Gasteiger partial charge in [0.1, 0.15) is 0 Å². The lowest BCUT2D eigenvalue weighted by molar-refractivity contribution is 0.384. The van der Waals surface area contributed by atoms with E-state index in [-0.39, 0.29) is 0 Å². The molecular weight excluding hydrogens is 210 g/mol. The molecule has 0 unspecified atom stereocenters. The van der Waals surface area contributed by atoms with E-state index in [9.17, 15) is 0 Å². The highest BCUT2D eigenvalue weighted by atomic mass is 15.1. The smallest absolute Gasteiger partial charge is 0.0487 e. The van der Waals surface area contributed by atoms with Gasteiger partial charge in [0.15, 0.2) is 0 Å². The van der Waals surface area contributed by atoms with E-state index in [1.807, 2.05) is 6.07 Å². The predicted molar refractivity (Wildman–Crippen MR) is 70.0 cm³/mol. The molecule has 0 bridgehead atoms. The van der Waals surface area contributed by atoms with Gasteiger partial charge in [-0.05, 0) is 43.0 Å². The quantitative estimate of drug-likeness (QED) is 0.678. The highest BCUT2D eigenvalue weighted by Crippen LogP contribution is 2.39. The Hall–Kier alpha value is -1.48. The minimum atomic E-state index is 0.570. The summed E-state index contributed by atoms with van der Waals surface area (Å²) in [6.07, 6.45) is 3.78. The molecule has 3 N–H and O–H groups in total. The van der Waals surface area contributed by atoms with Gasteiger partial charge in [-0.2, -0.15) is 0 Å². The van der Waals surface area contributed by atoms with Crippen molar-refractivity contribution >= 4 is 16.6 Å². The second-order valence-corrected chi connectivity index (χ2v) is 5.19. The van der Waals surface area contributed by atoms with Gasteiger partial charge < -0.3 is 15.6 Å². The number of nitrogens with one attached hydrogen (secondary N) is 1. The van der Waals surface area contributed by atoms with Gasteiger partial charge in [0.25, 0.3) is 0 Å². The van der Waals surface area contributed by atoms with Crippen LogP contribution in [0.5, 0.6) is 0 Å². The van der Waals surface area contributed by atoms with Crippen molar-refractivity contribution in [3.63, 3.8) is 0 Å². The normalized spacial score (nSPS) is 22.7. The summed E-state index contributed by atoms with van der Waals surface area (Å²) in [4.78, 5) is 0. The number of aromatic nitrogens is 1. The van der Waals surface area contributed by atoms with Crippen LogP contribution < -0.4 is 11.1 Å². The third-order valence-corrected chi connectivity index (χ3v) is 4.21. The average Bonchev–Trinajstić information content (AvgIpc) is 2.67. The number of anilines is 1. The zero-order valence-electron chi connectivity index (χ0n) is 9.87. The molecule has 0 fully saturated rings. The molecule has 2 heterocycles. The van der Waals surface area contributed by atoms with E-state index in [2.05, 4.69) is 22.0 Å². The lowest BCUT2D eigenvalue weighted by Crippen LogP contribution is -2.35. The number of hydrogen-bond acceptors (Lipinski definition) is 2. The number of aryl methyl sites for hydroxylation is 1. The summed E-state index contributed by atoms with van der Waals surface area (Å²) < 4.78 is 2.50. The standard InChI is InChI=1S/C14H17N3/c15-9-4-5-13-11(8-9)10-2-1-3-12-14(10)17(13)7-6-16-12/h4-5,8,12,16H,1-3,6-7,15H2/t12-/m0/s1. The zero-order chi connectivity index (χ0) is 11.4. The maximum atomic E-state index is 5.93. The summed E-state index contributed by atoms with van der Waals surface area (Å²) in [5, 5.41) is 5.02. The van der Waals surface area contributed by atoms with Crippen molar-refractivity contribution < 1.29 is 0 Å². The average molecular weight is 227 g/mol. The first kappa shape index (κ1) is 9.54. The van der Waals surface area contributed by atoms with E-state index in [1.165, 1.54) is 41.4 Å². The van der Waals surface area contributed by atoms with Crippen LogP contribution in [0.2, 0.25) is 0 Å². The van der Waals surface area contributed by atoms with Gasteiger partial charge in [-0.1, -0.05) is 0 Å². The molecule has 1 aliphatic carbocycles. The van der Waals surface area contributed by atoms with E-state index in [1.54, 1.807) is 0 Å². The minimum absolute atomic E-state index is 0.570. The molecule has 0 amide bonds. The molecule has 2 aliphatic rings. The molecule has 0 saturated heterocycles. The highest BCUT2D eigenvalue weighted by Gasteiger charge is 2.29. The molecule has 0 radical (unpaired) electrons. The second kappa shape index (κ2) is 3.26. The van der Waals surface area contributed by atoms with Crippen molar-refractivity contribution in [2.75, 3.05) is 12.3 Å². The molecule has 1 atom stereocenters. The number of fused-ring (bicyclic) bond motifs is 3. The fourth-order valence-electron chi connectivity index (χ4n) is 3.53. The third-order valence-electron chi connectivity index (χ3n) is 4.21. The van der Waals surface area contributed by atoms with Gasteiger partial charge in [0.2, 0.25) is 0 Å². The minimum Gasteiger partial charge on any atom is -0.399 e. The van der Waals surface area contributed by atoms with Crippen LogP contribution in [0, 0.1) is 0 Å². The SMILES string of the molecule is Nc1ccc2c(c1)c1c3n2CCN[C@H]3CCC1. The van der Waals surface area contributed by atoms with E-state index < -0.39 is 0 Å². The Morgan fingerprint density at radius 2 is 2.29 bits per heavy atom. The Kier molecular flexibility index (Phi) is 1.83. The number of hydrogen-bond donors (Lipinski definition) is 2. The van der Waals surface area contributed by atoms with Crippen LogP contribution in [0.3, 0.4) is 0 Å². The third kappa shape index (κ3) is 1.20. The molecule has 2 aromatic rings. The number of nitrogen functional groups attached to an aromatic ring is 1. The Labute approximate surface area is 101 Å². The van der Waals surface area contributed by atoms with Gasteiger partial charge in [-0.3, -0.25) is 0 Å². The monoisotopic (exact) mass is 227 g/mol. The molecular formula is C14H17N3. The Morgan fingerprint density at radius 1 is 1.35 bits per heavy atom. The van der Waals surface area contributed by atoms with Crippen LogP contribution in [-0.4, -0.2) is 11.1 Å². The largest absolute Gasteiger partial charge is 0.399 e. The number of benzene rings is 1. The van der Waals surface area contributed by atoms with Gasteiger partial charge in [-0.25, -0.2) is 0 Å². The van der Waals surface area contributed by atoms with Crippen LogP contribution in [0.25, 0.3) is 10.9 Å². The number of nitrogens with zero attached hydrogens (tertiary/aromatic N) is 1. The molecule has 1 aliphatic heterocycles. The topological polar surface area (TPSA) is 43.0 Å². The second-order valence-electron chi connectivity index (χ2n) is 5.19. The highest BCUT2D eigenvalue weighted by molar-refractivity contribution is 5.88. The molecule has 3 nitrogen and oxygen atoms in total. The van der Waals surface area contributed by atoms with E-state index >= 15 is 0 Å². The fourth-order valence-corrected chi connectivity index (χ4v) is 3.53. The van der Waals surface area contributed by atoms with Crippen molar-refractivity contribution in [1.82, 2.24) is 9.88 Å². The lowest BCUT2D eigenvalue weighted by Gasteiger charge is -2.31. The molecule has 1 aromatic carbocycles. The number of nitrogens with two attached hydrogens (primary N) is 1. The maximum Gasteiger partial charge on any atom is 0.0487 e. The number of rotatable bonds is 0. The molecule has 88 valence electrons. The van der Waals surface area contributed by atoms with Gasteiger partial charge in [-0.15, -0.1) is 0 Å². The molecule has 4 rings (SSSR count). The summed E-state index contributed by atoms with van der Waals surface area (Å²) in [6.45, 7) is 2.18. The van der Waals surface area contributed by atoms with Crippen LogP contribution in [0.4, 0.5) is 5.69 Å². The Bertz CT molecular complexity index is 595. The Balaban J connectivity index is 2.11. The van der Waals surface area contributed by atoms with Crippen molar-refractivity contribution in [3.05, 3.63) is 29.5 Å². The van der Waals surface area contributed by atoms with Gasteiger partial charge in [0, 0.05) is 41.4 Å². The first-order valence-corrected chi connectivity index (χ1v) is 6.48. The molecule has 1 aromatic heterocycles. The molecule has 17 heavy (non-hydrogen) atoms. The summed E-state index contributed by atoms with van der Waals surface area (Å²) >= 11 is 0. The van der Waals surface area contributed by atoms with Crippen LogP contribution >= 0.6 is 0 Å². The predicted octanol–water partition coefficient (Wildman–Crippen LogP) is 2.20. The maximum absolute atomic E-state index is 5.93. The summed E-state index contributed by atoms with van der Waals surface area (Å²) in [5.74, 6) is 0. The van der Waals surface area contributed by atoms with Crippen LogP contribution in [0.1, 0.15) is 30.1 Å². The van der Waals surface area contributed by atoms with E-state index in [0.717, 1.165) is 18.8 Å². The van der Waals surface area contributed by atoms with Crippen LogP contribution in [0.15, 0.2) is 18.2 Å². The Morgan fingerprint density at radius 3 is 3.24 bits per heavy atom. The summed E-state index contributed by atoms with van der Waals surface area (Å²) in [6, 6.07) is 6.93. The van der Waals surface area contributed by atoms with Gasteiger partial charge >= 0.3 is 0 Å². The van der Waals surface area contributed by atoms with E-state index in [4.69, 9.17) is 5.73 Å². The molecule has 0 saturated carbocycles. The zero-order valence-corrected chi connectivity index (χ0v) is 9.87. The van der Waals surface area contributed by atoms with Crippen LogP contribution in [-0.2, 0) is 13.0 Å². The van der Waals surface area contributed by atoms with Crippen molar-refractivity contribution in [2.45, 2.75) is 31.8 Å².